The lowest BCUT2D eigenvalue weighted by atomic mass is 10.1. The van der Waals surface area contributed by atoms with Crippen LogP contribution in [0, 0.1) is 0 Å². The molecule has 0 unspecified atom stereocenters. The molecule has 4 rings (SSSR count). The minimum absolute atomic E-state index is 0.0530. The molecule has 1 amide bonds. The van der Waals surface area contributed by atoms with Gasteiger partial charge in [0.2, 0.25) is 0 Å². The summed E-state index contributed by atoms with van der Waals surface area (Å²) < 4.78 is 84.0. The van der Waals surface area contributed by atoms with E-state index in [1.807, 2.05) is 0 Å². The highest BCUT2D eigenvalue weighted by molar-refractivity contribution is 6.03. The minimum atomic E-state index is -4.83. The Hall–Kier alpha value is -3.68. The van der Waals surface area contributed by atoms with Gasteiger partial charge in [0.15, 0.2) is 5.69 Å². The molecule has 3 aromatic rings. The molecular formula is C21H18F6N6O2. The molecule has 0 aromatic carbocycles. The molecular weight excluding hydrogens is 482 g/mol. The average Bonchev–Trinajstić information content (AvgIpc) is 3.19. The van der Waals surface area contributed by atoms with Crippen molar-refractivity contribution in [2.45, 2.75) is 25.0 Å². The fraction of sp³-hybridized carbons (Fsp3) is 0.333. The lowest BCUT2D eigenvalue weighted by Crippen LogP contribution is -2.52. The van der Waals surface area contributed by atoms with Gasteiger partial charge < -0.3 is 15.0 Å². The molecule has 3 aromatic heterocycles. The molecule has 1 saturated heterocycles. The Morgan fingerprint density at radius 3 is 2.57 bits per heavy atom. The minimum Gasteiger partial charge on any atom is -0.378 e. The van der Waals surface area contributed by atoms with Crippen molar-refractivity contribution in [1.82, 2.24) is 19.7 Å². The summed E-state index contributed by atoms with van der Waals surface area (Å²) >= 11 is 0. The number of hydrogen-bond acceptors (Lipinski definition) is 6. The van der Waals surface area contributed by atoms with Crippen LogP contribution in [0.3, 0.4) is 0 Å². The Kier molecular flexibility index (Phi) is 6.40. The summed E-state index contributed by atoms with van der Waals surface area (Å²) in [5.74, 6) is -0.947. The average molecular weight is 500 g/mol. The number of methoxy groups -OCH3 is 1. The number of pyridine rings is 2. The standard InChI is InChI=1S/C21H18F6N6O2/c1-35-14-9-32(10-14)13-5-17(18(28-7-13)21(25,26)27)31-19(34)16-4-2-3-15(30-16)12-6-29-33(8-12)11-20(22,23)24/h2-8,14H,9-11H2,1H3,(H,31,34). The molecule has 4 heterocycles. The predicted octanol–water partition coefficient (Wildman–Crippen LogP) is 4.01. The maximum Gasteiger partial charge on any atom is 0.435 e. The topological polar surface area (TPSA) is 85.2 Å². The van der Waals surface area contributed by atoms with Crippen molar-refractivity contribution in [2.75, 3.05) is 30.4 Å². The summed E-state index contributed by atoms with van der Waals surface area (Å²) in [4.78, 5) is 22.1. The summed E-state index contributed by atoms with van der Waals surface area (Å²) in [5.41, 5.74) is -1.36. The summed E-state index contributed by atoms with van der Waals surface area (Å²) in [5, 5.41) is 5.82. The number of halogens is 6. The molecule has 1 aliphatic rings. The molecule has 1 fully saturated rings. The molecule has 0 atom stereocenters. The molecule has 0 aliphatic carbocycles. The SMILES string of the molecule is COC1CN(c2cnc(C(F)(F)F)c(NC(=O)c3cccc(-c4cnn(CC(F)(F)F)c4)n3)c2)C1. The molecule has 35 heavy (non-hydrogen) atoms. The fourth-order valence-electron chi connectivity index (χ4n) is 3.42. The summed E-state index contributed by atoms with van der Waals surface area (Å²) in [7, 11) is 1.53. The van der Waals surface area contributed by atoms with Gasteiger partial charge in [0.05, 0.1) is 35.6 Å². The van der Waals surface area contributed by atoms with E-state index in [1.54, 1.807) is 4.90 Å². The smallest absolute Gasteiger partial charge is 0.378 e. The van der Waals surface area contributed by atoms with E-state index < -0.39 is 36.2 Å². The first-order valence-electron chi connectivity index (χ1n) is 10.2. The van der Waals surface area contributed by atoms with Gasteiger partial charge in [-0.2, -0.15) is 31.4 Å². The third-order valence-electron chi connectivity index (χ3n) is 5.19. The number of rotatable bonds is 6. The molecule has 0 saturated carbocycles. The number of anilines is 2. The zero-order valence-corrected chi connectivity index (χ0v) is 18.1. The monoisotopic (exact) mass is 500 g/mol. The highest BCUT2D eigenvalue weighted by Gasteiger charge is 2.37. The normalized spacial score (nSPS) is 14.7. The van der Waals surface area contributed by atoms with Crippen LogP contribution in [0.25, 0.3) is 11.3 Å². The van der Waals surface area contributed by atoms with Crippen LogP contribution < -0.4 is 10.2 Å². The van der Waals surface area contributed by atoms with Crippen molar-refractivity contribution in [3.8, 4) is 11.3 Å². The van der Waals surface area contributed by atoms with Gasteiger partial charge in [-0.3, -0.25) is 9.48 Å². The molecule has 0 radical (unpaired) electrons. The summed E-state index contributed by atoms with van der Waals surface area (Å²) in [6.07, 6.45) is -6.03. The van der Waals surface area contributed by atoms with E-state index in [2.05, 4.69) is 20.4 Å². The Morgan fingerprint density at radius 2 is 1.91 bits per heavy atom. The van der Waals surface area contributed by atoms with E-state index in [0.717, 1.165) is 18.6 Å². The van der Waals surface area contributed by atoms with Crippen LogP contribution in [0.1, 0.15) is 16.2 Å². The number of amides is 1. The molecule has 0 spiro atoms. The van der Waals surface area contributed by atoms with Crippen LogP contribution in [0.4, 0.5) is 37.7 Å². The van der Waals surface area contributed by atoms with E-state index in [4.69, 9.17) is 4.74 Å². The molecule has 1 aliphatic heterocycles. The second-order valence-electron chi connectivity index (χ2n) is 7.75. The maximum absolute atomic E-state index is 13.5. The molecule has 186 valence electrons. The van der Waals surface area contributed by atoms with Crippen molar-refractivity contribution in [3.63, 3.8) is 0 Å². The Bertz CT molecular complexity index is 1220. The van der Waals surface area contributed by atoms with Crippen molar-refractivity contribution in [3.05, 3.63) is 54.2 Å². The van der Waals surface area contributed by atoms with Crippen molar-refractivity contribution >= 4 is 17.3 Å². The number of ether oxygens (including phenoxy) is 1. The van der Waals surface area contributed by atoms with E-state index >= 15 is 0 Å². The van der Waals surface area contributed by atoms with Crippen molar-refractivity contribution in [2.24, 2.45) is 0 Å². The molecule has 0 bridgehead atoms. The predicted molar refractivity (Wildman–Crippen MR) is 112 cm³/mol. The zero-order valence-electron chi connectivity index (χ0n) is 18.1. The number of aromatic nitrogens is 4. The first-order chi connectivity index (χ1) is 16.4. The van der Waals surface area contributed by atoms with Crippen molar-refractivity contribution < 1.29 is 35.9 Å². The van der Waals surface area contributed by atoms with Crippen LogP contribution in [0.5, 0.6) is 0 Å². The van der Waals surface area contributed by atoms with Gasteiger partial charge in [0.25, 0.3) is 5.91 Å². The van der Waals surface area contributed by atoms with Gasteiger partial charge in [-0.15, -0.1) is 0 Å². The number of carbonyl (C=O) groups is 1. The van der Waals surface area contributed by atoms with E-state index in [9.17, 15) is 31.1 Å². The number of nitrogens with one attached hydrogen (secondary N) is 1. The lowest BCUT2D eigenvalue weighted by molar-refractivity contribution is -0.142. The molecule has 14 heteroatoms. The summed E-state index contributed by atoms with van der Waals surface area (Å²) in [6.45, 7) is -0.385. The Labute approximate surface area is 194 Å². The lowest BCUT2D eigenvalue weighted by Gasteiger charge is -2.39. The largest absolute Gasteiger partial charge is 0.435 e. The van der Waals surface area contributed by atoms with Gasteiger partial charge in [0, 0.05) is 32.0 Å². The van der Waals surface area contributed by atoms with E-state index in [0.29, 0.717) is 23.5 Å². The van der Waals surface area contributed by atoms with Crippen molar-refractivity contribution in [1.29, 1.82) is 0 Å². The van der Waals surface area contributed by atoms with E-state index in [1.165, 1.54) is 31.4 Å². The van der Waals surface area contributed by atoms with Crippen LogP contribution in [0.15, 0.2) is 42.9 Å². The number of nitrogens with zero attached hydrogens (tertiary/aromatic N) is 5. The van der Waals surface area contributed by atoms with Gasteiger partial charge in [0.1, 0.15) is 12.2 Å². The zero-order chi connectivity index (χ0) is 25.4. The first-order valence-corrected chi connectivity index (χ1v) is 10.2. The van der Waals surface area contributed by atoms with Crippen LogP contribution in [-0.2, 0) is 17.5 Å². The van der Waals surface area contributed by atoms with Gasteiger partial charge >= 0.3 is 12.4 Å². The third kappa shape index (κ3) is 5.70. The quantitative estimate of drug-likeness (QED) is 0.515. The van der Waals surface area contributed by atoms with Crippen LogP contribution in [0.2, 0.25) is 0 Å². The third-order valence-corrected chi connectivity index (χ3v) is 5.19. The Balaban J connectivity index is 1.57. The van der Waals surface area contributed by atoms with Gasteiger partial charge in [-0.25, -0.2) is 9.97 Å². The molecule has 1 N–H and O–H groups in total. The van der Waals surface area contributed by atoms with Crippen LogP contribution >= 0.6 is 0 Å². The Morgan fingerprint density at radius 1 is 1.17 bits per heavy atom. The number of hydrogen-bond donors (Lipinski definition) is 1. The fourth-order valence-corrected chi connectivity index (χ4v) is 3.42. The second-order valence-corrected chi connectivity index (χ2v) is 7.75. The summed E-state index contributed by atoms with van der Waals surface area (Å²) in [6, 6.07) is 5.28. The van der Waals surface area contributed by atoms with Gasteiger partial charge in [-0.05, 0) is 18.2 Å². The highest BCUT2D eigenvalue weighted by atomic mass is 19.4. The highest BCUT2D eigenvalue weighted by Crippen LogP contribution is 2.36. The van der Waals surface area contributed by atoms with E-state index in [-0.39, 0.29) is 23.1 Å². The van der Waals surface area contributed by atoms with Gasteiger partial charge in [-0.1, -0.05) is 6.07 Å². The second kappa shape index (κ2) is 9.17. The maximum atomic E-state index is 13.5. The first kappa shape index (κ1) is 24.4. The molecule has 8 nitrogen and oxygen atoms in total. The van der Waals surface area contributed by atoms with Crippen LogP contribution in [-0.4, -0.2) is 58.1 Å². The number of alkyl halides is 6. The number of carbonyl (C=O) groups excluding carboxylic acids is 1.